The normalized spacial score (nSPS) is 14.6. The molecular weight excluding hydrogens is 338 g/mol. The Kier molecular flexibility index (Phi) is 4.98. The number of rotatable bonds is 3. The number of aromatic nitrogens is 3. The van der Waals surface area contributed by atoms with Gasteiger partial charge in [0.1, 0.15) is 6.54 Å². The Morgan fingerprint density at radius 2 is 1.72 bits per heavy atom. The molecule has 2 heterocycles. The smallest absolute Gasteiger partial charge is 0.242 e. The van der Waals surface area contributed by atoms with Crippen LogP contribution in [-0.4, -0.2) is 62.6 Å². The number of carbonyl (C=O) groups is 2. The SMILES string of the molecule is CC(=O)N1CCN(C(=O)Cn2c(-c3ccc(C)cc3)n[nH]c2=S)CC1. The average molecular weight is 359 g/mol. The minimum absolute atomic E-state index is 0.0194. The van der Waals surface area contributed by atoms with Crippen LogP contribution in [0.3, 0.4) is 0 Å². The Labute approximate surface area is 151 Å². The van der Waals surface area contributed by atoms with Crippen LogP contribution in [-0.2, 0) is 16.1 Å². The van der Waals surface area contributed by atoms with E-state index in [1.54, 1.807) is 21.3 Å². The fourth-order valence-electron chi connectivity index (χ4n) is 2.89. The summed E-state index contributed by atoms with van der Waals surface area (Å²) in [6.45, 7) is 5.94. The van der Waals surface area contributed by atoms with Gasteiger partial charge in [-0.2, -0.15) is 5.10 Å². The van der Waals surface area contributed by atoms with Crippen LogP contribution in [0.2, 0.25) is 0 Å². The Balaban J connectivity index is 1.74. The summed E-state index contributed by atoms with van der Waals surface area (Å²) in [5.74, 6) is 0.681. The number of amides is 2. The number of aromatic amines is 1. The maximum Gasteiger partial charge on any atom is 0.242 e. The number of carbonyl (C=O) groups excluding carboxylic acids is 2. The van der Waals surface area contributed by atoms with Gasteiger partial charge >= 0.3 is 0 Å². The molecule has 25 heavy (non-hydrogen) atoms. The Morgan fingerprint density at radius 1 is 1.12 bits per heavy atom. The highest BCUT2D eigenvalue weighted by Crippen LogP contribution is 2.18. The van der Waals surface area contributed by atoms with Crippen molar-refractivity contribution in [3.63, 3.8) is 0 Å². The number of hydrogen-bond acceptors (Lipinski definition) is 4. The molecule has 1 aliphatic heterocycles. The van der Waals surface area contributed by atoms with Crippen molar-refractivity contribution in [2.24, 2.45) is 0 Å². The van der Waals surface area contributed by atoms with Crippen molar-refractivity contribution >= 4 is 24.0 Å². The lowest BCUT2D eigenvalue weighted by atomic mass is 10.1. The highest BCUT2D eigenvalue weighted by molar-refractivity contribution is 7.71. The minimum atomic E-state index is -0.0194. The summed E-state index contributed by atoms with van der Waals surface area (Å²) in [6, 6.07) is 7.93. The van der Waals surface area contributed by atoms with Gasteiger partial charge in [-0.05, 0) is 19.1 Å². The van der Waals surface area contributed by atoms with E-state index in [-0.39, 0.29) is 18.4 Å². The van der Waals surface area contributed by atoms with E-state index in [1.807, 2.05) is 31.2 Å². The minimum Gasteiger partial charge on any atom is -0.339 e. The Morgan fingerprint density at radius 3 is 2.32 bits per heavy atom. The maximum atomic E-state index is 12.6. The molecule has 1 saturated heterocycles. The zero-order chi connectivity index (χ0) is 18.0. The van der Waals surface area contributed by atoms with Crippen molar-refractivity contribution in [3.8, 4) is 11.4 Å². The molecule has 8 heteroatoms. The number of nitrogens with one attached hydrogen (secondary N) is 1. The van der Waals surface area contributed by atoms with Crippen LogP contribution in [0.4, 0.5) is 0 Å². The van der Waals surface area contributed by atoms with E-state index in [0.29, 0.717) is 36.8 Å². The third kappa shape index (κ3) is 3.79. The van der Waals surface area contributed by atoms with Crippen LogP contribution < -0.4 is 0 Å². The average Bonchev–Trinajstić information content (AvgIpc) is 2.96. The molecule has 3 rings (SSSR count). The molecule has 0 atom stereocenters. The van der Waals surface area contributed by atoms with Crippen LogP contribution in [0.25, 0.3) is 11.4 Å². The van der Waals surface area contributed by atoms with Crippen LogP contribution >= 0.6 is 12.2 Å². The summed E-state index contributed by atoms with van der Waals surface area (Å²) in [5.41, 5.74) is 2.07. The van der Waals surface area contributed by atoms with Gasteiger partial charge in [0.15, 0.2) is 10.6 Å². The molecular formula is C17H21N5O2S. The summed E-state index contributed by atoms with van der Waals surface area (Å²) in [5, 5.41) is 7.04. The molecule has 0 spiro atoms. The number of aryl methyl sites for hydroxylation is 1. The van der Waals surface area contributed by atoms with Crippen molar-refractivity contribution in [2.45, 2.75) is 20.4 Å². The van der Waals surface area contributed by atoms with Crippen molar-refractivity contribution in [2.75, 3.05) is 26.2 Å². The fraction of sp³-hybridized carbons (Fsp3) is 0.412. The summed E-state index contributed by atoms with van der Waals surface area (Å²) in [7, 11) is 0. The lowest BCUT2D eigenvalue weighted by molar-refractivity contribution is -0.138. The van der Waals surface area contributed by atoms with Gasteiger partial charge in [-0.15, -0.1) is 0 Å². The van der Waals surface area contributed by atoms with E-state index in [1.165, 1.54) is 0 Å². The second-order valence-corrected chi connectivity index (χ2v) is 6.58. The van der Waals surface area contributed by atoms with Crippen molar-refractivity contribution in [3.05, 3.63) is 34.6 Å². The number of nitrogens with zero attached hydrogens (tertiary/aromatic N) is 4. The van der Waals surface area contributed by atoms with E-state index < -0.39 is 0 Å². The van der Waals surface area contributed by atoms with E-state index in [9.17, 15) is 9.59 Å². The topological polar surface area (TPSA) is 74.2 Å². The third-order valence-corrected chi connectivity index (χ3v) is 4.75. The van der Waals surface area contributed by atoms with E-state index in [0.717, 1.165) is 11.1 Å². The molecule has 0 unspecified atom stereocenters. The highest BCUT2D eigenvalue weighted by atomic mass is 32.1. The number of H-pyrrole nitrogens is 1. The fourth-order valence-corrected chi connectivity index (χ4v) is 3.09. The summed E-state index contributed by atoms with van der Waals surface area (Å²) >= 11 is 5.29. The third-order valence-electron chi connectivity index (χ3n) is 4.44. The standard InChI is InChI=1S/C17H21N5O2S/c1-12-3-5-14(6-4-12)16-18-19-17(25)22(16)11-15(24)21-9-7-20(8-10-21)13(2)23/h3-6H,7-11H2,1-2H3,(H,19,25). The molecule has 1 N–H and O–H groups in total. The van der Waals surface area contributed by atoms with Crippen molar-refractivity contribution in [1.82, 2.24) is 24.6 Å². The van der Waals surface area contributed by atoms with Gasteiger partial charge in [-0.25, -0.2) is 0 Å². The van der Waals surface area contributed by atoms with Crippen LogP contribution in [0, 0.1) is 11.7 Å². The molecule has 1 aromatic heterocycles. The zero-order valence-electron chi connectivity index (χ0n) is 14.4. The van der Waals surface area contributed by atoms with Gasteiger partial charge in [0.2, 0.25) is 11.8 Å². The summed E-state index contributed by atoms with van der Waals surface area (Å²) in [6.07, 6.45) is 0. The van der Waals surface area contributed by atoms with Gasteiger partial charge < -0.3 is 9.80 Å². The van der Waals surface area contributed by atoms with E-state index in [4.69, 9.17) is 12.2 Å². The molecule has 0 saturated carbocycles. The van der Waals surface area contributed by atoms with Gasteiger partial charge in [0.25, 0.3) is 0 Å². The predicted molar refractivity (Wildman–Crippen MR) is 96.4 cm³/mol. The quantitative estimate of drug-likeness (QED) is 0.845. The van der Waals surface area contributed by atoms with E-state index >= 15 is 0 Å². The number of piperazine rings is 1. The van der Waals surface area contributed by atoms with Gasteiger partial charge in [0, 0.05) is 38.7 Å². The molecule has 0 aliphatic carbocycles. The maximum absolute atomic E-state index is 12.6. The molecule has 1 aromatic carbocycles. The first kappa shape index (κ1) is 17.3. The zero-order valence-corrected chi connectivity index (χ0v) is 15.2. The van der Waals surface area contributed by atoms with Gasteiger partial charge in [0.05, 0.1) is 0 Å². The summed E-state index contributed by atoms with van der Waals surface area (Å²) < 4.78 is 2.14. The molecule has 1 fully saturated rings. The first-order chi connectivity index (χ1) is 12.0. The van der Waals surface area contributed by atoms with Crippen LogP contribution in [0.15, 0.2) is 24.3 Å². The largest absolute Gasteiger partial charge is 0.339 e. The second-order valence-electron chi connectivity index (χ2n) is 6.19. The first-order valence-corrected chi connectivity index (χ1v) is 8.62. The molecule has 2 amide bonds. The molecule has 132 valence electrons. The number of hydrogen-bond donors (Lipinski definition) is 1. The van der Waals surface area contributed by atoms with Gasteiger partial charge in [-0.1, -0.05) is 29.8 Å². The molecule has 7 nitrogen and oxygen atoms in total. The predicted octanol–water partition coefficient (Wildman–Crippen LogP) is 1.61. The number of benzene rings is 1. The van der Waals surface area contributed by atoms with Gasteiger partial charge in [-0.3, -0.25) is 19.3 Å². The Bertz CT molecular complexity index is 831. The van der Waals surface area contributed by atoms with Crippen molar-refractivity contribution in [1.29, 1.82) is 0 Å². The monoisotopic (exact) mass is 359 g/mol. The lowest BCUT2D eigenvalue weighted by Crippen LogP contribution is -2.50. The van der Waals surface area contributed by atoms with Crippen molar-refractivity contribution < 1.29 is 9.59 Å². The second kappa shape index (κ2) is 7.18. The molecule has 0 radical (unpaired) electrons. The molecule has 2 aromatic rings. The van der Waals surface area contributed by atoms with Crippen LogP contribution in [0.1, 0.15) is 12.5 Å². The summed E-state index contributed by atoms with van der Waals surface area (Å²) in [4.78, 5) is 27.6. The highest BCUT2D eigenvalue weighted by Gasteiger charge is 2.23. The molecule has 1 aliphatic rings. The lowest BCUT2D eigenvalue weighted by Gasteiger charge is -2.34. The molecule has 0 bridgehead atoms. The van der Waals surface area contributed by atoms with Crippen LogP contribution in [0.5, 0.6) is 0 Å². The van der Waals surface area contributed by atoms with E-state index in [2.05, 4.69) is 10.2 Å². The first-order valence-electron chi connectivity index (χ1n) is 8.21. The Hall–Kier alpha value is -2.48.